The Balaban J connectivity index is 1.48. The highest BCUT2D eigenvalue weighted by Gasteiger charge is 2.41. The van der Waals surface area contributed by atoms with Gasteiger partial charge in [0.2, 0.25) is 5.95 Å². The third-order valence-corrected chi connectivity index (χ3v) is 8.01. The molecule has 3 aliphatic carbocycles. The number of nitrogens with one attached hydrogen (secondary N) is 2. The van der Waals surface area contributed by atoms with Gasteiger partial charge in [0.1, 0.15) is 11.2 Å². The number of hydrogen-bond acceptors (Lipinski definition) is 6. The first-order chi connectivity index (χ1) is 15.6. The van der Waals surface area contributed by atoms with Gasteiger partial charge in [-0.25, -0.2) is 24.3 Å². The average molecular weight is 453 g/mol. The molecule has 0 radical (unpaired) electrons. The Labute approximate surface area is 187 Å². The first-order valence-corrected chi connectivity index (χ1v) is 11.8. The third-order valence-electron chi connectivity index (χ3n) is 7.14. The molecule has 3 fully saturated rings. The Kier molecular flexibility index (Phi) is 4.67. The van der Waals surface area contributed by atoms with Gasteiger partial charge in [-0.15, -0.1) is 11.3 Å². The molecule has 0 spiro atoms. The molecule has 2 bridgehead atoms. The lowest BCUT2D eigenvalue weighted by atomic mass is 9.62. The van der Waals surface area contributed by atoms with Crippen LogP contribution in [0.15, 0.2) is 29.9 Å². The molecule has 0 unspecified atom stereocenters. The number of aromatic amines is 1. The summed E-state index contributed by atoms with van der Waals surface area (Å²) in [7, 11) is 0. The van der Waals surface area contributed by atoms with Gasteiger partial charge in [0.15, 0.2) is 23.1 Å². The van der Waals surface area contributed by atoms with Crippen molar-refractivity contribution >= 4 is 28.3 Å². The lowest BCUT2D eigenvalue weighted by Crippen LogP contribution is -2.47. The maximum atomic E-state index is 15.7. The van der Waals surface area contributed by atoms with E-state index in [0.29, 0.717) is 39.4 Å². The van der Waals surface area contributed by atoms with Crippen LogP contribution in [0.1, 0.15) is 32.6 Å². The highest BCUT2D eigenvalue weighted by molar-refractivity contribution is 7.13. The Bertz CT molecular complexity index is 1280. The fraction of sp³-hybridized carbons (Fsp3) is 0.391. The number of hydrogen-bond donors (Lipinski definition) is 2. The molecule has 0 amide bonds. The number of nitrogens with zero attached hydrogens (tertiary/aromatic N) is 4. The van der Waals surface area contributed by atoms with E-state index in [0.717, 1.165) is 6.20 Å². The van der Waals surface area contributed by atoms with Crippen molar-refractivity contribution < 1.29 is 8.78 Å². The standard InChI is InChI=1S/C23H22F2N6S/c1-11-12-4-6-13(7-5-12)18(11)29-22-17(25)20(15-3-2-8-32-15)30-21(31-22)14-9-26-23-19(14)28-16(24)10-27-23/h2-3,8-13,18H,4-7H2,1H3,(H,26,27)(H,29,30,31)/t11-,12?,13?,18+/m0/s1. The van der Waals surface area contributed by atoms with E-state index >= 15 is 4.39 Å². The normalized spacial score (nSPS) is 24.8. The second-order valence-corrected chi connectivity index (χ2v) is 9.78. The maximum absolute atomic E-state index is 15.7. The lowest BCUT2D eigenvalue weighted by Gasteiger charge is -2.47. The van der Waals surface area contributed by atoms with Crippen LogP contribution in [0, 0.1) is 29.5 Å². The third kappa shape index (κ3) is 3.18. The van der Waals surface area contributed by atoms with Gasteiger partial charge in [0.25, 0.3) is 0 Å². The summed E-state index contributed by atoms with van der Waals surface area (Å²) in [5, 5.41) is 5.34. The van der Waals surface area contributed by atoms with Crippen LogP contribution in [0.3, 0.4) is 0 Å². The van der Waals surface area contributed by atoms with Crippen molar-refractivity contribution in [1.29, 1.82) is 0 Å². The maximum Gasteiger partial charge on any atom is 0.232 e. The summed E-state index contributed by atoms with van der Waals surface area (Å²) in [4.78, 5) is 20.8. The predicted molar refractivity (Wildman–Crippen MR) is 120 cm³/mol. The van der Waals surface area contributed by atoms with E-state index in [1.54, 1.807) is 6.20 Å². The van der Waals surface area contributed by atoms with Crippen molar-refractivity contribution in [3.05, 3.63) is 41.7 Å². The largest absolute Gasteiger partial charge is 0.364 e. The van der Waals surface area contributed by atoms with Crippen molar-refractivity contribution in [2.75, 3.05) is 5.32 Å². The molecule has 3 aliphatic rings. The fourth-order valence-electron chi connectivity index (χ4n) is 5.44. The molecule has 6 nitrogen and oxygen atoms in total. The zero-order valence-corrected chi connectivity index (χ0v) is 18.3. The number of aromatic nitrogens is 5. The Morgan fingerprint density at radius 1 is 1.09 bits per heavy atom. The Morgan fingerprint density at radius 3 is 2.66 bits per heavy atom. The number of fused-ring (bicyclic) bond motifs is 4. The molecular weight excluding hydrogens is 430 g/mol. The molecule has 0 saturated heterocycles. The van der Waals surface area contributed by atoms with Gasteiger partial charge in [0, 0.05) is 12.2 Å². The summed E-state index contributed by atoms with van der Waals surface area (Å²) in [6, 6.07) is 3.88. The van der Waals surface area contributed by atoms with Crippen LogP contribution in [0.2, 0.25) is 0 Å². The van der Waals surface area contributed by atoms with Gasteiger partial charge < -0.3 is 10.3 Å². The Hall–Kier alpha value is -2.94. The van der Waals surface area contributed by atoms with Crippen LogP contribution in [-0.4, -0.2) is 31.0 Å². The van der Waals surface area contributed by atoms with Crippen LogP contribution >= 0.6 is 11.3 Å². The molecule has 2 atom stereocenters. The topological polar surface area (TPSA) is 79.4 Å². The summed E-state index contributed by atoms with van der Waals surface area (Å²) in [6.45, 7) is 2.26. The minimum absolute atomic E-state index is 0.177. The first kappa shape index (κ1) is 19.7. The number of rotatable bonds is 4. The molecule has 4 aromatic heterocycles. The van der Waals surface area contributed by atoms with Gasteiger partial charge in [-0.05, 0) is 54.9 Å². The minimum atomic E-state index is -0.690. The summed E-state index contributed by atoms with van der Waals surface area (Å²) >= 11 is 1.42. The summed E-state index contributed by atoms with van der Waals surface area (Å²) < 4.78 is 29.5. The van der Waals surface area contributed by atoms with Crippen LogP contribution in [0.5, 0.6) is 0 Å². The van der Waals surface area contributed by atoms with E-state index in [1.807, 2.05) is 17.5 Å². The van der Waals surface area contributed by atoms with Gasteiger partial charge in [-0.1, -0.05) is 13.0 Å². The zero-order valence-electron chi connectivity index (χ0n) is 17.5. The van der Waals surface area contributed by atoms with Crippen LogP contribution in [-0.2, 0) is 0 Å². The molecular formula is C23H22F2N6S. The van der Waals surface area contributed by atoms with Crippen molar-refractivity contribution in [2.24, 2.45) is 17.8 Å². The SMILES string of the molecule is C[C@H]1C2CCC(CC2)[C@@H]1Nc1nc(-c2c[nH]c3ncc(F)nc23)nc(-c2cccs2)c1F. The van der Waals surface area contributed by atoms with Crippen molar-refractivity contribution in [1.82, 2.24) is 24.9 Å². The highest BCUT2D eigenvalue weighted by Crippen LogP contribution is 2.46. The second kappa shape index (κ2) is 7.58. The number of H-pyrrole nitrogens is 1. The molecule has 7 rings (SSSR count). The molecule has 0 aromatic carbocycles. The Morgan fingerprint density at radius 2 is 1.91 bits per heavy atom. The summed E-state index contributed by atoms with van der Waals surface area (Å²) in [5.74, 6) is 0.986. The molecule has 164 valence electrons. The van der Waals surface area contributed by atoms with E-state index in [1.165, 1.54) is 37.0 Å². The molecule has 4 heterocycles. The number of anilines is 1. The minimum Gasteiger partial charge on any atom is -0.364 e. The van der Waals surface area contributed by atoms with Gasteiger partial charge in [0.05, 0.1) is 16.6 Å². The lowest BCUT2D eigenvalue weighted by molar-refractivity contribution is 0.0926. The average Bonchev–Trinajstić information content (AvgIpc) is 3.48. The molecule has 32 heavy (non-hydrogen) atoms. The number of halogens is 2. The van der Waals surface area contributed by atoms with E-state index in [4.69, 9.17) is 0 Å². The van der Waals surface area contributed by atoms with Crippen molar-refractivity contribution in [3.8, 4) is 22.0 Å². The van der Waals surface area contributed by atoms with Crippen LogP contribution in [0.4, 0.5) is 14.6 Å². The number of thiophene rings is 1. The molecule has 9 heteroatoms. The van der Waals surface area contributed by atoms with Crippen LogP contribution in [0.25, 0.3) is 33.1 Å². The summed E-state index contributed by atoms with van der Waals surface area (Å²) in [5.41, 5.74) is 1.48. The molecule has 0 aliphatic heterocycles. The van der Waals surface area contributed by atoms with Gasteiger partial charge in [-0.3, -0.25) is 0 Å². The molecule has 3 saturated carbocycles. The van der Waals surface area contributed by atoms with Gasteiger partial charge in [-0.2, -0.15) is 4.39 Å². The highest BCUT2D eigenvalue weighted by atomic mass is 32.1. The quantitative estimate of drug-likeness (QED) is 0.418. The van der Waals surface area contributed by atoms with Gasteiger partial charge >= 0.3 is 0 Å². The first-order valence-electron chi connectivity index (χ1n) is 11.0. The van der Waals surface area contributed by atoms with Crippen LogP contribution < -0.4 is 5.32 Å². The monoisotopic (exact) mass is 452 g/mol. The second-order valence-electron chi connectivity index (χ2n) is 8.83. The van der Waals surface area contributed by atoms with E-state index in [-0.39, 0.29) is 23.4 Å². The summed E-state index contributed by atoms with van der Waals surface area (Å²) in [6.07, 6.45) is 7.54. The van der Waals surface area contributed by atoms with Crippen molar-refractivity contribution in [2.45, 2.75) is 38.6 Å². The van der Waals surface area contributed by atoms with E-state index in [2.05, 4.69) is 37.2 Å². The van der Waals surface area contributed by atoms with E-state index < -0.39 is 11.8 Å². The molecule has 2 N–H and O–H groups in total. The smallest absolute Gasteiger partial charge is 0.232 e. The fourth-order valence-corrected chi connectivity index (χ4v) is 6.15. The zero-order chi connectivity index (χ0) is 21.8. The predicted octanol–water partition coefficient (Wildman–Crippen LogP) is 5.66. The van der Waals surface area contributed by atoms with Crippen molar-refractivity contribution in [3.63, 3.8) is 0 Å². The van der Waals surface area contributed by atoms with E-state index in [9.17, 15) is 4.39 Å². The molecule has 4 aromatic rings.